The topological polar surface area (TPSA) is 129 Å². The van der Waals surface area contributed by atoms with Crippen molar-refractivity contribution in [3.8, 4) is 0 Å². The monoisotopic (exact) mass is 452 g/mol. The van der Waals surface area contributed by atoms with Crippen LogP contribution in [0.25, 0.3) is 0 Å². The Labute approximate surface area is 192 Å². The highest BCUT2D eigenvalue weighted by atomic mass is 16.3. The molecule has 0 aliphatic carbocycles. The van der Waals surface area contributed by atoms with Crippen LogP contribution in [0.3, 0.4) is 0 Å². The molecule has 0 spiro atoms. The van der Waals surface area contributed by atoms with E-state index in [1.807, 2.05) is 48.5 Å². The van der Waals surface area contributed by atoms with Gasteiger partial charge in [0.25, 0.3) is 6.47 Å². The molecule has 0 radical (unpaired) electrons. The average molecular weight is 453 g/mol. The Bertz CT molecular complexity index is 961. The minimum absolute atomic E-state index is 0.0238. The number of benzene rings is 1. The van der Waals surface area contributed by atoms with Crippen LogP contribution in [-0.4, -0.2) is 64.9 Å². The van der Waals surface area contributed by atoms with Crippen molar-refractivity contribution in [1.82, 2.24) is 20.5 Å². The number of likely N-dealkylation sites (tertiary alicyclic amines) is 1. The molecule has 2 aromatic rings. The lowest BCUT2D eigenvalue weighted by Gasteiger charge is -2.49. The normalized spacial score (nSPS) is 18.2. The van der Waals surface area contributed by atoms with Crippen molar-refractivity contribution >= 4 is 24.2 Å². The van der Waals surface area contributed by atoms with Gasteiger partial charge in [-0.1, -0.05) is 36.4 Å². The number of carbonyl (C=O) groups is 4. The van der Waals surface area contributed by atoms with Gasteiger partial charge in [0.2, 0.25) is 17.7 Å². The number of hydrogen-bond donors (Lipinski definition) is 3. The van der Waals surface area contributed by atoms with E-state index in [1.165, 1.54) is 0 Å². The fraction of sp³-hybridized carbons (Fsp3) is 0.375. The van der Waals surface area contributed by atoms with E-state index < -0.39 is 11.5 Å². The van der Waals surface area contributed by atoms with Crippen LogP contribution in [0.1, 0.15) is 24.1 Å². The third kappa shape index (κ3) is 6.15. The third-order valence-corrected chi connectivity index (χ3v) is 5.88. The molecule has 9 nitrogen and oxygen atoms in total. The number of pyridine rings is 1. The van der Waals surface area contributed by atoms with E-state index in [-0.39, 0.29) is 24.2 Å². The van der Waals surface area contributed by atoms with E-state index in [4.69, 9.17) is 9.90 Å². The molecule has 3 amide bonds. The van der Waals surface area contributed by atoms with E-state index in [1.54, 1.807) is 11.1 Å². The van der Waals surface area contributed by atoms with Crippen LogP contribution >= 0.6 is 0 Å². The van der Waals surface area contributed by atoms with Gasteiger partial charge in [-0.05, 0) is 37.0 Å². The van der Waals surface area contributed by atoms with Crippen LogP contribution in [-0.2, 0) is 32.0 Å². The Kier molecular flexibility index (Phi) is 8.12. The second-order valence-electron chi connectivity index (χ2n) is 8.22. The maximum absolute atomic E-state index is 13.2. The SMILES string of the molecule is O=C1NCCC1NC(=O)C1(Cc2ccccc2)CN(C(=O)CCc2ccccn2)C1.O=CO. The summed E-state index contributed by atoms with van der Waals surface area (Å²) in [7, 11) is 0. The molecule has 2 aliphatic heterocycles. The number of hydrogen-bond acceptors (Lipinski definition) is 5. The first-order valence-electron chi connectivity index (χ1n) is 10.9. The van der Waals surface area contributed by atoms with Crippen LogP contribution in [0.5, 0.6) is 0 Å². The molecule has 3 N–H and O–H groups in total. The van der Waals surface area contributed by atoms with Gasteiger partial charge in [-0.2, -0.15) is 0 Å². The summed E-state index contributed by atoms with van der Waals surface area (Å²) in [6, 6.07) is 15.0. The quantitative estimate of drug-likeness (QED) is 0.533. The van der Waals surface area contributed by atoms with Crippen LogP contribution in [0.2, 0.25) is 0 Å². The Hall–Kier alpha value is -3.75. The zero-order valence-electron chi connectivity index (χ0n) is 18.3. The molecule has 9 heteroatoms. The molecule has 1 aromatic carbocycles. The number of nitrogens with zero attached hydrogens (tertiary/aromatic N) is 2. The molecule has 0 bridgehead atoms. The molecule has 3 heterocycles. The third-order valence-electron chi connectivity index (χ3n) is 5.88. The van der Waals surface area contributed by atoms with E-state index in [0.29, 0.717) is 45.3 Å². The summed E-state index contributed by atoms with van der Waals surface area (Å²) >= 11 is 0. The predicted molar refractivity (Wildman–Crippen MR) is 120 cm³/mol. The van der Waals surface area contributed by atoms with Crippen LogP contribution in [0.15, 0.2) is 54.7 Å². The van der Waals surface area contributed by atoms with Crippen molar-refractivity contribution in [1.29, 1.82) is 0 Å². The minimum atomic E-state index is -0.703. The lowest BCUT2D eigenvalue weighted by molar-refractivity contribution is -0.154. The zero-order chi connectivity index (χ0) is 23.7. The molecule has 1 unspecified atom stereocenters. The summed E-state index contributed by atoms with van der Waals surface area (Å²) in [4.78, 5) is 52.1. The Morgan fingerprint density at radius 2 is 1.88 bits per heavy atom. The van der Waals surface area contributed by atoms with Crippen LogP contribution in [0.4, 0.5) is 0 Å². The van der Waals surface area contributed by atoms with Gasteiger partial charge in [0.1, 0.15) is 6.04 Å². The first-order chi connectivity index (χ1) is 16.0. The van der Waals surface area contributed by atoms with Crippen LogP contribution < -0.4 is 10.6 Å². The standard InChI is InChI=1S/C23H26N4O3.CH2O2/c28-20(10-9-18-8-4-5-12-24-18)27-15-23(16-27,14-17-6-2-1-3-7-17)22(30)26-19-11-13-25-21(19)29;2-1-3/h1-8,12,19H,9-11,13-16H2,(H,25,29)(H,26,30);1H,(H,2,3). The average Bonchev–Trinajstić information content (AvgIpc) is 3.20. The van der Waals surface area contributed by atoms with Crippen molar-refractivity contribution in [3.63, 3.8) is 0 Å². The summed E-state index contributed by atoms with van der Waals surface area (Å²) in [6.07, 6.45) is 3.80. The molecule has 2 aliphatic rings. The van der Waals surface area contributed by atoms with Crippen molar-refractivity contribution in [2.75, 3.05) is 19.6 Å². The number of carbonyl (C=O) groups excluding carboxylic acids is 3. The number of carboxylic acid groups (broad SMARTS) is 1. The van der Waals surface area contributed by atoms with Gasteiger partial charge in [-0.15, -0.1) is 0 Å². The Morgan fingerprint density at radius 3 is 2.48 bits per heavy atom. The molecule has 33 heavy (non-hydrogen) atoms. The molecule has 174 valence electrons. The molecule has 1 atom stereocenters. The summed E-state index contributed by atoms with van der Waals surface area (Å²) in [6.45, 7) is 1.06. The molecule has 2 saturated heterocycles. The smallest absolute Gasteiger partial charge is 0.290 e. The van der Waals surface area contributed by atoms with Gasteiger partial charge in [-0.3, -0.25) is 24.2 Å². The minimum Gasteiger partial charge on any atom is -0.483 e. The summed E-state index contributed by atoms with van der Waals surface area (Å²) < 4.78 is 0. The molecular formula is C24H28N4O5. The fourth-order valence-electron chi connectivity index (χ4n) is 4.17. The van der Waals surface area contributed by atoms with Crippen molar-refractivity contribution in [2.45, 2.75) is 31.7 Å². The summed E-state index contributed by atoms with van der Waals surface area (Å²) in [5.41, 5.74) is 1.22. The highest BCUT2D eigenvalue weighted by Crippen LogP contribution is 2.35. The summed E-state index contributed by atoms with van der Waals surface area (Å²) in [5, 5.41) is 12.5. The van der Waals surface area contributed by atoms with Gasteiger partial charge in [0.15, 0.2) is 0 Å². The first-order valence-corrected chi connectivity index (χ1v) is 10.9. The highest BCUT2D eigenvalue weighted by Gasteiger charge is 2.51. The van der Waals surface area contributed by atoms with E-state index in [9.17, 15) is 14.4 Å². The number of amides is 3. The van der Waals surface area contributed by atoms with Crippen molar-refractivity contribution in [3.05, 3.63) is 66.0 Å². The van der Waals surface area contributed by atoms with Gasteiger partial charge in [0, 0.05) is 37.9 Å². The van der Waals surface area contributed by atoms with E-state index in [2.05, 4.69) is 15.6 Å². The number of rotatable bonds is 7. The van der Waals surface area contributed by atoms with E-state index >= 15 is 0 Å². The van der Waals surface area contributed by atoms with Gasteiger partial charge in [-0.25, -0.2) is 0 Å². The second kappa shape index (κ2) is 11.2. The maximum Gasteiger partial charge on any atom is 0.290 e. The zero-order valence-corrected chi connectivity index (χ0v) is 18.3. The van der Waals surface area contributed by atoms with Crippen molar-refractivity contribution in [2.24, 2.45) is 5.41 Å². The molecule has 0 saturated carbocycles. The Morgan fingerprint density at radius 1 is 1.18 bits per heavy atom. The maximum atomic E-state index is 13.2. The lowest BCUT2D eigenvalue weighted by Crippen LogP contribution is -2.66. The number of aromatic nitrogens is 1. The van der Waals surface area contributed by atoms with Crippen LogP contribution in [0, 0.1) is 5.41 Å². The lowest BCUT2D eigenvalue weighted by atomic mass is 9.73. The highest BCUT2D eigenvalue weighted by molar-refractivity contribution is 5.93. The predicted octanol–water partition coefficient (Wildman–Crippen LogP) is 0.791. The molecule has 4 rings (SSSR count). The van der Waals surface area contributed by atoms with E-state index in [0.717, 1.165) is 11.3 Å². The number of aryl methyl sites for hydroxylation is 1. The van der Waals surface area contributed by atoms with Gasteiger partial charge in [0.05, 0.1) is 5.41 Å². The molecular weight excluding hydrogens is 424 g/mol. The van der Waals surface area contributed by atoms with Crippen molar-refractivity contribution < 1.29 is 24.3 Å². The second-order valence-corrected chi connectivity index (χ2v) is 8.22. The van der Waals surface area contributed by atoms with Gasteiger partial charge >= 0.3 is 0 Å². The van der Waals surface area contributed by atoms with Gasteiger partial charge < -0.3 is 20.6 Å². The molecule has 1 aromatic heterocycles. The largest absolute Gasteiger partial charge is 0.483 e. The Balaban J connectivity index is 0.000000968. The summed E-state index contributed by atoms with van der Waals surface area (Å²) in [5.74, 6) is -0.265. The fourth-order valence-corrected chi connectivity index (χ4v) is 4.17. The number of nitrogens with one attached hydrogen (secondary N) is 2. The first kappa shape index (κ1) is 23.9. The molecule has 2 fully saturated rings.